The molecule has 0 aliphatic carbocycles. The van der Waals surface area contributed by atoms with Gasteiger partial charge in [-0.15, -0.1) is 0 Å². The molecule has 1 saturated heterocycles. The molecule has 1 amide bonds. The topological polar surface area (TPSA) is 78.4 Å². The average molecular weight is 276 g/mol. The molecular formula is C15H20N2O3. The van der Waals surface area contributed by atoms with Crippen molar-refractivity contribution in [1.82, 2.24) is 10.6 Å². The summed E-state index contributed by atoms with van der Waals surface area (Å²) in [6.07, 6.45) is 2.79. The highest BCUT2D eigenvalue weighted by Gasteiger charge is 2.38. The molecule has 0 aromatic heterocycles. The van der Waals surface area contributed by atoms with E-state index >= 15 is 0 Å². The number of carbonyl (C=O) groups excluding carboxylic acids is 1. The van der Waals surface area contributed by atoms with Crippen LogP contribution in [0.2, 0.25) is 0 Å². The van der Waals surface area contributed by atoms with Crippen molar-refractivity contribution in [2.45, 2.75) is 37.8 Å². The summed E-state index contributed by atoms with van der Waals surface area (Å²) in [6.45, 7) is 2.32. The van der Waals surface area contributed by atoms with Gasteiger partial charge in [-0.25, -0.2) is 4.79 Å². The lowest BCUT2D eigenvalue weighted by atomic mass is 9.91. The molecule has 0 radical (unpaired) electrons. The van der Waals surface area contributed by atoms with Gasteiger partial charge >= 0.3 is 5.97 Å². The molecule has 1 fully saturated rings. The fourth-order valence-electron chi connectivity index (χ4n) is 2.43. The third-order valence-corrected chi connectivity index (χ3v) is 3.78. The Kier molecular flexibility index (Phi) is 4.39. The molecule has 1 aliphatic rings. The zero-order valence-corrected chi connectivity index (χ0v) is 11.6. The van der Waals surface area contributed by atoms with Crippen molar-refractivity contribution >= 4 is 11.9 Å². The van der Waals surface area contributed by atoms with E-state index in [-0.39, 0.29) is 11.9 Å². The van der Waals surface area contributed by atoms with Crippen molar-refractivity contribution in [2.24, 2.45) is 0 Å². The van der Waals surface area contributed by atoms with Crippen molar-refractivity contribution in [3.05, 3.63) is 35.9 Å². The SMILES string of the molecule is CC(NC(=O)[C@@H]1CCCCN1)(C(=O)O)c1ccccc1. The smallest absolute Gasteiger partial charge is 0.333 e. The maximum Gasteiger partial charge on any atom is 0.333 e. The first-order valence-corrected chi connectivity index (χ1v) is 6.88. The second-order valence-corrected chi connectivity index (χ2v) is 5.29. The number of carboxylic acids is 1. The fraction of sp³-hybridized carbons (Fsp3) is 0.467. The normalized spacial score (nSPS) is 21.8. The molecule has 3 N–H and O–H groups in total. The van der Waals surface area contributed by atoms with E-state index in [1.165, 1.54) is 6.92 Å². The number of carbonyl (C=O) groups is 2. The average Bonchev–Trinajstić information content (AvgIpc) is 2.48. The Labute approximate surface area is 118 Å². The molecule has 1 unspecified atom stereocenters. The van der Waals surface area contributed by atoms with Gasteiger partial charge in [0.2, 0.25) is 5.91 Å². The van der Waals surface area contributed by atoms with Crippen LogP contribution in [0.3, 0.4) is 0 Å². The second kappa shape index (κ2) is 6.05. The highest BCUT2D eigenvalue weighted by atomic mass is 16.4. The summed E-state index contributed by atoms with van der Waals surface area (Å²) >= 11 is 0. The lowest BCUT2D eigenvalue weighted by molar-refractivity contribution is -0.147. The summed E-state index contributed by atoms with van der Waals surface area (Å²) < 4.78 is 0. The number of rotatable bonds is 4. The zero-order valence-electron chi connectivity index (χ0n) is 11.6. The number of benzene rings is 1. The largest absolute Gasteiger partial charge is 0.479 e. The van der Waals surface area contributed by atoms with Gasteiger partial charge < -0.3 is 15.7 Å². The van der Waals surface area contributed by atoms with Gasteiger partial charge in [0.15, 0.2) is 5.54 Å². The molecule has 1 aliphatic heterocycles. The van der Waals surface area contributed by atoms with Gasteiger partial charge in [0.1, 0.15) is 0 Å². The molecule has 0 bridgehead atoms. The highest BCUT2D eigenvalue weighted by molar-refractivity contribution is 5.90. The van der Waals surface area contributed by atoms with Crippen molar-refractivity contribution < 1.29 is 14.7 Å². The summed E-state index contributed by atoms with van der Waals surface area (Å²) in [6, 6.07) is 8.47. The zero-order chi connectivity index (χ0) is 14.6. The minimum absolute atomic E-state index is 0.251. The predicted molar refractivity (Wildman–Crippen MR) is 75.2 cm³/mol. The molecule has 2 atom stereocenters. The fourth-order valence-corrected chi connectivity index (χ4v) is 2.43. The molecule has 1 heterocycles. The standard InChI is InChI=1S/C15H20N2O3/c1-15(14(19)20,11-7-3-2-4-8-11)17-13(18)12-9-5-6-10-16-12/h2-4,7-8,12,16H,5-6,9-10H2,1H3,(H,17,18)(H,19,20)/t12-,15?/m0/s1. The highest BCUT2D eigenvalue weighted by Crippen LogP contribution is 2.21. The Morgan fingerprint density at radius 3 is 2.55 bits per heavy atom. The number of piperidine rings is 1. The number of amides is 1. The Balaban J connectivity index is 2.17. The molecule has 2 rings (SSSR count). The van der Waals surface area contributed by atoms with E-state index in [2.05, 4.69) is 10.6 Å². The van der Waals surface area contributed by atoms with Crippen molar-refractivity contribution in [3.8, 4) is 0 Å². The summed E-state index contributed by atoms with van der Waals surface area (Å²) in [7, 11) is 0. The van der Waals surface area contributed by atoms with E-state index in [4.69, 9.17) is 0 Å². The van der Waals surface area contributed by atoms with E-state index in [1.807, 2.05) is 6.07 Å². The van der Waals surface area contributed by atoms with Gasteiger partial charge in [-0.1, -0.05) is 36.8 Å². The van der Waals surface area contributed by atoms with Crippen LogP contribution in [0.5, 0.6) is 0 Å². The maximum absolute atomic E-state index is 12.3. The predicted octanol–water partition coefficient (Wildman–Crippen LogP) is 1.24. The summed E-state index contributed by atoms with van der Waals surface area (Å²) in [5.41, 5.74) is -0.839. The molecule has 20 heavy (non-hydrogen) atoms. The van der Waals surface area contributed by atoms with E-state index in [1.54, 1.807) is 24.3 Å². The van der Waals surface area contributed by atoms with Crippen LogP contribution < -0.4 is 10.6 Å². The Hall–Kier alpha value is -1.88. The monoisotopic (exact) mass is 276 g/mol. The van der Waals surface area contributed by atoms with Gasteiger partial charge in [-0.3, -0.25) is 4.79 Å². The molecule has 5 heteroatoms. The minimum Gasteiger partial charge on any atom is -0.479 e. The van der Waals surface area contributed by atoms with Crippen LogP contribution in [0.1, 0.15) is 31.7 Å². The van der Waals surface area contributed by atoms with Gasteiger partial charge in [-0.05, 0) is 31.9 Å². The van der Waals surface area contributed by atoms with Crippen LogP contribution in [0, 0.1) is 0 Å². The molecule has 108 valence electrons. The Bertz CT molecular complexity index is 483. The van der Waals surface area contributed by atoms with Crippen LogP contribution >= 0.6 is 0 Å². The van der Waals surface area contributed by atoms with Crippen LogP contribution in [-0.4, -0.2) is 29.6 Å². The van der Waals surface area contributed by atoms with Crippen molar-refractivity contribution in [1.29, 1.82) is 0 Å². The lowest BCUT2D eigenvalue weighted by Crippen LogP contribution is -2.56. The lowest BCUT2D eigenvalue weighted by Gasteiger charge is -2.30. The van der Waals surface area contributed by atoms with Crippen LogP contribution in [0.4, 0.5) is 0 Å². The first-order valence-electron chi connectivity index (χ1n) is 6.88. The quantitative estimate of drug-likeness (QED) is 0.773. The van der Waals surface area contributed by atoms with Gasteiger partial charge in [-0.2, -0.15) is 0 Å². The summed E-state index contributed by atoms with van der Waals surface area (Å²) in [5, 5.41) is 15.3. The van der Waals surface area contributed by atoms with E-state index in [9.17, 15) is 14.7 Å². The van der Waals surface area contributed by atoms with Crippen molar-refractivity contribution in [3.63, 3.8) is 0 Å². The molecule has 5 nitrogen and oxygen atoms in total. The third-order valence-electron chi connectivity index (χ3n) is 3.78. The Morgan fingerprint density at radius 2 is 2.00 bits per heavy atom. The molecule has 0 saturated carbocycles. The minimum atomic E-state index is -1.41. The number of nitrogens with one attached hydrogen (secondary N) is 2. The molecule has 1 aromatic rings. The summed E-state index contributed by atoms with van der Waals surface area (Å²) in [5.74, 6) is -1.31. The van der Waals surface area contributed by atoms with E-state index in [0.29, 0.717) is 5.56 Å². The molecular weight excluding hydrogens is 256 g/mol. The van der Waals surface area contributed by atoms with Crippen molar-refractivity contribution in [2.75, 3.05) is 6.54 Å². The first kappa shape index (κ1) is 14.5. The number of hydrogen-bond donors (Lipinski definition) is 3. The molecule has 0 spiro atoms. The van der Waals surface area contributed by atoms with Gasteiger partial charge in [0.05, 0.1) is 6.04 Å². The number of aliphatic carboxylic acids is 1. The number of carboxylic acid groups (broad SMARTS) is 1. The van der Waals surface area contributed by atoms with Crippen LogP contribution in [0.25, 0.3) is 0 Å². The van der Waals surface area contributed by atoms with Crippen LogP contribution in [0.15, 0.2) is 30.3 Å². The van der Waals surface area contributed by atoms with Gasteiger partial charge in [0.25, 0.3) is 0 Å². The van der Waals surface area contributed by atoms with E-state index in [0.717, 1.165) is 25.8 Å². The van der Waals surface area contributed by atoms with E-state index < -0.39 is 11.5 Å². The van der Waals surface area contributed by atoms with Gasteiger partial charge in [0, 0.05) is 0 Å². The Morgan fingerprint density at radius 1 is 1.30 bits per heavy atom. The third kappa shape index (κ3) is 2.99. The maximum atomic E-state index is 12.3. The first-order chi connectivity index (χ1) is 9.54. The molecule has 1 aromatic carbocycles. The summed E-state index contributed by atoms with van der Waals surface area (Å²) in [4.78, 5) is 23.9. The number of hydrogen-bond acceptors (Lipinski definition) is 3. The van der Waals surface area contributed by atoms with Crippen LogP contribution in [-0.2, 0) is 15.1 Å². The second-order valence-electron chi connectivity index (χ2n) is 5.29.